The van der Waals surface area contributed by atoms with Crippen LogP contribution in [0.15, 0.2) is 53.7 Å². The maximum absolute atomic E-state index is 11.8. The summed E-state index contributed by atoms with van der Waals surface area (Å²) in [5.74, 6) is -0.506. The van der Waals surface area contributed by atoms with E-state index in [1.54, 1.807) is 30.3 Å². The van der Waals surface area contributed by atoms with Crippen molar-refractivity contribution in [2.45, 2.75) is 6.42 Å². The molecule has 0 aliphatic heterocycles. The number of oxime groups is 1. The van der Waals surface area contributed by atoms with Crippen molar-refractivity contribution in [1.29, 1.82) is 0 Å². The molecule has 23 heavy (non-hydrogen) atoms. The molecule has 7 nitrogen and oxygen atoms in total. The largest absolute Gasteiger partial charge is 0.384 e. The van der Waals surface area contributed by atoms with Crippen LogP contribution in [0.1, 0.15) is 15.9 Å². The summed E-state index contributed by atoms with van der Waals surface area (Å²) in [6.07, 6.45) is 0.220. The van der Waals surface area contributed by atoms with Crippen molar-refractivity contribution in [3.05, 3.63) is 73.3 Å². The lowest BCUT2D eigenvalue weighted by molar-refractivity contribution is -0.384. The monoisotopic (exact) mass is 425 g/mol. The zero-order valence-corrected chi connectivity index (χ0v) is 14.0. The molecule has 0 aliphatic rings. The number of halogens is 1. The number of rotatable bonds is 5. The van der Waals surface area contributed by atoms with E-state index in [0.717, 1.165) is 9.13 Å². The van der Waals surface area contributed by atoms with Crippen LogP contribution in [-0.4, -0.2) is 16.7 Å². The molecule has 2 N–H and O–H groups in total. The Bertz CT molecular complexity index is 760. The molecule has 2 aromatic carbocycles. The lowest BCUT2D eigenvalue weighted by Gasteiger charge is -2.02. The molecular weight excluding hydrogens is 413 g/mol. The summed E-state index contributed by atoms with van der Waals surface area (Å²) < 4.78 is 0.903. The van der Waals surface area contributed by atoms with Crippen LogP contribution in [0.2, 0.25) is 0 Å². The van der Waals surface area contributed by atoms with Crippen molar-refractivity contribution in [3.8, 4) is 0 Å². The van der Waals surface area contributed by atoms with Gasteiger partial charge in [0.05, 0.1) is 10.5 Å². The van der Waals surface area contributed by atoms with Crippen molar-refractivity contribution in [1.82, 2.24) is 0 Å². The average Bonchev–Trinajstić information content (AvgIpc) is 2.53. The molecule has 0 spiro atoms. The van der Waals surface area contributed by atoms with Crippen molar-refractivity contribution in [3.63, 3.8) is 0 Å². The van der Waals surface area contributed by atoms with Crippen LogP contribution >= 0.6 is 22.6 Å². The van der Waals surface area contributed by atoms with Crippen molar-refractivity contribution in [2.75, 3.05) is 0 Å². The summed E-state index contributed by atoms with van der Waals surface area (Å²) in [7, 11) is 0. The van der Waals surface area contributed by atoms with Gasteiger partial charge in [-0.2, -0.15) is 0 Å². The number of nitro benzene ring substituents is 1. The molecule has 8 heteroatoms. The second-order valence-electron chi connectivity index (χ2n) is 4.57. The summed E-state index contributed by atoms with van der Waals surface area (Å²) in [4.78, 5) is 26.7. The highest BCUT2D eigenvalue weighted by Gasteiger charge is 2.09. The quantitative estimate of drug-likeness (QED) is 0.198. The zero-order chi connectivity index (χ0) is 16.8. The fourth-order valence-corrected chi connectivity index (χ4v) is 2.29. The number of hydrogen-bond donors (Lipinski definition) is 1. The third-order valence-electron chi connectivity index (χ3n) is 2.84. The molecule has 2 aromatic rings. The van der Waals surface area contributed by atoms with E-state index < -0.39 is 10.9 Å². The summed E-state index contributed by atoms with van der Waals surface area (Å²) in [5, 5.41) is 14.2. The highest BCUT2D eigenvalue weighted by molar-refractivity contribution is 14.1. The lowest BCUT2D eigenvalue weighted by atomic mass is 10.1. The number of amidine groups is 1. The van der Waals surface area contributed by atoms with Crippen LogP contribution in [-0.2, 0) is 11.3 Å². The molecule has 0 saturated heterocycles. The number of nitro groups is 1. The van der Waals surface area contributed by atoms with E-state index in [0.29, 0.717) is 5.56 Å². The summed E-state index contributed by atoms with van der Waals surface area (Å²) >= 11 is 2.09. The Morgan fingerprint density at radius 3 is 2.57 bits per heavy atom. The van der Waals surface area contributed by atoms with Crippen LogP contribution < -0.4 is 5.73 Å². The standard InChI is InChI=1S/C15H12IN3O4/c16-12-3-1-2-11(9-12)15(20)23-18-14(17)8-10-4-6-13(7-5-10)19(21)22/h1-7,9H,8H2,(H2,17,18). The summed E-state index contributed by atoms with van der Waals surface area (Å²) in [5.41, 5.74) is 6.79. The molecule has 2 rings (SSSR count). The van der Waals surface area contributed by atoms with Gasteiger partial charge in [-0.1, -0.05) is 23.4 Å². The first kappa shape index (κ1) is 16.9. The number of hydrogen-bond acceptors (Lipinski definition) is 5. The van der Waals surface area contributed by atoms with Gasteiger partial charge in [-0.3, -0.25) is 10.1 Å². The summed E-state index contributed by atoms with van der Waals surface area (Å²) in [6.45, 7) is 0. The van der Waals surface area contributed by atoms with Gasteiger partial charge in [0, 0.05) is 22.1 Å². The highest BCUT2D eigenvalue weighted by Crippen LogP contribution is 2.12. The van der Waals surface area contributed by atoms with Crippen LogP contribution in [0, 0.1) is 13.7 Å². The van der Waals surface area contributed by atoms with Gasteiger partial charge >= 0.3 is 5.97 Å². The van der Waals surface area contributed by atoms with E-state index in [4.69, 9.17) is 10.6 Å². The van der Waals surface area contributed by atoms with Gasteiger partial charge in [0.2, 0.25) is 0 Å². The van der Waals surface area contributed by atoms with Gasteiger partial charge in [0.25, 0.3) is 5.69 Å². The Kier molecular flexibility index (Phi) is 5.63. The Morgan fingerprint density at radius 2 is 1.96 bits per heavy atom. The van der Waals surface area contributed by atoms with Gasteiger partial charge in [0.1, 0.15) is 5.84 Å². The Balaban J connectivity index is 1.97. The van der Waals surface area contributed by atoms with E-state index >= 15 is 0 Å². The molecule has 0 amide bonds. The fourth-order valence-electron chi connectivity index (χ4n) is 1.75. The SMILES string of the molecule is NC(Cc1ccc([N+](=O)[O-])cc1)=NOC(=O)c1cccc(I)c1. The normalized spacial score (nSPS) is 11.1. The minimum absolute atomic E-state index is 0.00521. The first-order valence-corrected chi connectivity index (χ1v) is 7.56. The van der Waals surface area contributed by atoms with Gasteiger partial charge < -0.3 is 10.6 Å². The van der Waals surface area contributed by atoms with Gasteiger partial charge in [-0.05, 0) is 46.4 Å². The minimum Gasteiger partial charge on any atom is -0.384 e. The summed E-state index contributed by atoms with van der Waals surface area (Å²) in [6, 6.07) is 12.8. The molecule has 0 aliphatic carbocycles. The van der Waals surface area contributed by atoms with Gasteiger partial charge in [0.15, 0.2) is 0 Å². The molecule has 118 valence electrons. The Hall–Kier alpha value is -2.49. The molecule has 0 bridgehead atoms. The minimum atomic E-state index is -0.602. The number of carbonyl (C=O) groups is 1. The molecule has 0 fully saturated rings. The second kappa shape index (κ2) is 7.68. The maximum Gasteiger partial charge on any atom is 0.365 e. The average molecular weight is 425 g/mol. The molecule has 0 radical (unpaired) electrons. The van der Waals surface area contributed by atoms with E-state index in [1.165, 1.54) is 12.1 Å². The van der Waals surface area contributed by atoms with Gasteiger partial charge in [-0.15, -0.1) is 0 Å². The smallest absolute Gasteiger partial charge is 0.365 e. The first-order chi connectivity index (χ1) is 11.0. The maximum atomic E-state index is 11.8. The van der Waals surface area contributed by atoms with E-state index in [9.17, 15) is 14.9 Å². The molecule has 0 atom stereocenters. The van der Waals surface area contributed by atoms with E-state index in [2.05, 4.69) is 27.7 Å². The van der Waals surface area contributed by atoms with E-state index in [1.807, 2.05) is 6.07 Å². The predicted octanol–water partition coefficient (Wildman–Crippen LogP) is 2.87. The highest BCUT2D eigenvalue weighted by atomic mass is 127. The second-order valence-corrected chi connectivity index (χ2v) is 5.82. The number of benzene rings is 2. The van der Waals surface area contributed by atoms with Crippen LogP contribution in [0.25, 0.3) is 0 Å². The molecule has 0 aromatic heterocycles. The number of non-ortho nitro benzene ring substituents is 1. The number of nitrogens with zero attached hydrogens (tertiary/aromatic N) is 2. The first-order valence-electron chi connectivity index (χ1n) is 6.48. The third-order valence-corrected chi connectivity index (χ3v) is 3.51. The molecule has 0 unspecified atom stereocenters. The predicted molar refractivity (Wildman–Crippen MR) is 93.0 cm³/mol. The van der Waals surface area contributed by atoms with Crippen LogP contribution in [0.5, 0.6) is 0 Å². The number of nitrogens with two attached hydrogens (primary N) is 1. The van der Waals surface area contributed by atoms with Crippen molar-refractivity contribution in [2.24, 2.45) is 10.9 Å². The molecular formula is C15H12IN3O4. The topological polar surface area (TPSA) is 108 Å². The number of carbonyl (C=O) groups excluding carboxylic acids is 1. The lowest BCUT2D eigenvalue weighted by Crippen LogP contribution is -2.16. The van der Waals surface area contributed by atoms with Gasteiger partial charge in [-0.25, -0.2) is 4.79 Å². The molecule has 0 heterocycles. The van der Waals surface area contributed by atoms with Crippen LogP contribution in [0.3, 0.4) is 0 Å². The fraction of sp³-hybridized carbons (Fsp3) is 0.0667. The third kappa shape index (κ3) is 5.02. The van der Waals surface area contributed by atoms with Crippen molar-refractivity contribution >= 4 is 40.1 Å². The zero-order valence-electron chi connectivity index (χ0n) is 11.8. The Labute approximate surface area is 145 Å². The van der Waals surface area contributed by atoms with Crippen LogP contribution in [0.4, 0.5) is 5.69 Å². The molecule has 0 saturated carbocycles. The van der Waals surface area contributed by atoms with Crippen molar-refractivity contribution < 1.29 is 14.6 Å². The van der Waals surface area contributed by atoms with E-state index in [-0.39, 0.29) is 17.9 Å². The Morgan fingerprint density at radius 1 is 1.26 bits per heavy atom.